The van der Waals surface area contributed by atoms with Crippen molar-refractivity contribution in [3.05, 3.63) is 58.2 Å². The summed E-state index contributed by atoms with van der Waals surface area (Å²) in [5, 5.41) is 21.8. The number of nitrogens with one attached hydrogen (secondary N) is 1. The molecule has 1 N–H and O–H groups in total. The summed E-state index contributed by atoms with van der Waals surface area (Å²) >= 11 is 1.64. The molecule has 9 nitrogen and oxygen atoms in total. The lowest BCUT2D eigenvalue weighted by atomic mass is 10.2. The summed E-state index contributed by atoms with van der Waals surface area (Å²) in [6.07, 6.45) is 4.42. The molecule has 1 amide bonds. The van der Waals surface area contributed by atoms with Gasteiger partial charge in [0.2, 0.25) is 0 Å². The molecule has 0 saturated heterocycles. The molecule has 3 aromatic rings. The van der Waals surface area contributed by atoms with Crippen LogP contribution in [0.15, 0.2) is 40.9 Å². The molecule has 0 spiro atoms. The average Bonchev–Trinajstić information content (AvgIpc) is 3.25. The highest BCUT2D eigenvalue weighted by Gasteiger charge is 2.23. The maximum atomic E-state index is 12.4. The van der Waals surface area contributed by atoms with Crippen LogP contribution in [-0.4, -0.2) is 37.4 Å². The van der Waals surface area contributed by atoms with Crippen LogP contribution in [0, 0.1) is 10.1 Å². The number of aromatic nitrogens is 3. The van der Waals surface area contributed by atoms with E-state index in [0.717, 1.165) is 11.8 Å². The lowest BCUT2D eigenvalue weighted by molar-refractivity contribution is -0.402. The van der Waals surface area contributed by atoms with Crippen molar-refractivity contribution in [1.82, 2.24) is 19.9 Å². The fraction of sp³-hybridized carbons (Fsp3) is 0.267. The van der Waals surface area contributed by atoms with E-state index >= 15 is 0 Å². The molecule has 0 aliphatic rings. The first-order valence-corrected chi connectivity index (χ1v) is 8.83. The van der Waals surface area contributed by atoms with Crippen molar-refractivity contribution in [3.63, 3.8) is 0 Å². The number of furan rings is 1. The van der Waals surface area contributed by atoms with Gasteiger partial charge in [-0.1, -0.05) is 6.07 Å². The fourth-order valence-electron chi connectivity index (χ4n) is 2.38. The Bertz CT molecular complexity index is 906. The van der Waals surface area contributed by atoms with Gasteiger partial charge in [0.15, 0.2) is 17.2 Å². The van der Waals surface area contributed by atoms with Gasteiger partial charge in [-0.2, -0.15) is 11.8 Å². The molecule has 0 bridgehead atoms. The van der Waals surface area contributed by atoms with Gasteiger partial charge in [-0.25, -0.2) is 0 Å². The van der Waals surface area contributed by atoms with Gasteiger partial charge in [-0.15, -0.1) is 10.2 Å². The van der Waals surface area contributed by atoms with Crippen LogP contribution >= 0.6 is 11.8 Å². The number of rotatable bonds is 7. The number of thioether (sulfide) groups is 1. The number of pyridine rings is 1. The first-order chi connectivity index (χ1) is 12.1. The summed E-state index contributed by atoms with van der Waals surface area (Å²) in [7, 11) is 0. The van der Waals surface area contributed by atoms with Crippen molar-refractivity contribution in [2.75, 3.05) is 12.0 Å². The molecule has 0 fully saturated rings. The van der Waals surface area contributed by atoms with Crippen LogP contribution in [0.4, 0.5) is 5.88 Å². The molecule has 0 aliphatic heterocycles. The van der Waals surface area contributed by atoms with Gasteiger partial charge >= 0.3 is 5.88 Å². The first-order valence-electron chi connectivity index (χ1n) is 7.44. The Morgan fingerprint density at radius 2 is 2.24 bits per heavy atom. The minimum absolute atomic E-state index is 0.116. The van der Waals surface area contributed by atoms with Crippen molar-refractivity contribution >= 4 is 29.2 Å². The van der Waals surface area contributed by atoms with Gasteiger partial charge in [-0.05, 0) is 36.6 Å². The first kappa shape index (κ1) is 17.0. The minimum atomic E-state index is -0.686. The van der Waals surface area contributed by atoms with E-state index in [4.69, 9.17) is 4.42 Å². The Hall–Kier alpha value is -2.88. The molecular weight excluding hydrogens is 346 g/mol. The van der Waals surface area contributed by atoms with Crippen LogP contribution in [0.5, 0.6) is 0 Å². The summed E-state index contributed by atoms with van der Waals surface area (Å²) in [6.45, 7) is 0. The van der Waals surface area contributed by atoms with E-state index in [1.54, 1.807) is 16.2 Å². The van der Waals surface area contributed by atoms with E-state index in [9.17, 15) is 14.9 Å². The molecule has 0 aromatic carbocycles. The van der Waals surface area contributed by atoms with Crippen molar-refractivity contribution in [2.45, 2.75) is 12.5 Å². The summed E-state index contributed by atoms with van der Waals surface area (Å²) in [6, 6.07) is 7.55. The van der Waals surface area contributed by atoms with Crippen LogP contribution < -0.4 is 5.32 Å². The topological polar surface area (TPSA) is 116 Å². The van der Waals surface area contributed by atoms with Gasteiger partial charge in [-0.3, -0.25) is 19.3 Å². The molecule has 0 aliphatic carbocycles. The summed E-state index contributed by atoms with van der Waals surface area (Å²) in [4.78, 5) is 22.4. The number of carbonyl (C=O) groups is 1. The number of nitro groups is 1. The Morgan fingerprint density at radius 1 is 1.40 bits per heavy atom. The SMILES string of the molecule is CSCCC(NC(=O)c1ccc([N+](=O)[O-])o1)c1nnc2ccccn12. The van der Waals surface area contributed by atoms with Crippen LogP contribution in [0.25, 0.3) is 5.65 Å². The molecule has 3 heterocycles. The second-order valence-electron chi connectivity index (χ2n) is 5.19. The van der Waals surface area contributed by atoms with Crippen LogP contribution in [0.3, 0.4) is 0 Å². The standard InChI is InChI=1S/C15H15N5O4S/c1-25-9-7-10(14-18-17-12-4-2-3-8-19(12)14)16-15(21)11-5-6-13(24-11)20(22)23/h2-6,8,10H,7,9H2,1H3,(H,16,21). The van der Waals surface area contributed by atoms with Crippen molar-refractivity contribution in [2.24, 2.45) is 0 Å². The summed E-state index contributed by atoms with van der Waals surface area (Å²) in [5.41, 5.74) is 0.675. The van der Waals surface area contributed by atoms with E-state index < -0.39 is 22.8 Å². The van der Waals surface area contributed by atoms with Gasteiger partial charge in [0.25, 0.3) is 5.91 Å². The Morgan fingerprint density at radius 3 is 2.96 bits per heavy atom. The molecule has 25 heavy (non-hydrogen) atoms. The average molecular weight is 361 g/mol. The minimum Gasteiger partial charge on any atom is -0.395 e. The van der Waals surface area contributed by atoms with Gasteiger partial charge in [0.05, 0.1) is 12.1 Å². The fourth-order valence-corrected chi connectivity index (χ4v) is 2.85. The largest absolute Gasteiger partial charge is 0.433 e. The van der Waals surface area contributed by atoms with Crippen molar-refractivity contribution in [3.8, 4) is 0 Å². The highest BCUT2D eigenvalue weighted by Crippen LogP contribution is 2.21. The van der Waals surface area contributed by atoms with Crippen LogP contribution in [-0.2, 0) is 0 Å². The number of hydrogen-bond donors (Lipinski definition) is 1. The number of nitrogens with zero attached hydrogens (tertiary/aromatic N) is 4. The van der Waals surface area contributed by atoms with Gasteiger partial charge in [0, 0.05) is 6.20 Å². The monoisotopic (exact) mass is 361 g/mol. The van der Waals surface area contributed by atoms with Gasteiger partial charge < -0.3 is 9.73 Å². The summed E-state index contributed by atoms with van der Waals surface area (Å²) in [5.74, 6) is 0.268. The lowest BCUT2D eigenvalue weighted by Crippen LogP contribution is -2.30. The van der Waals surface area contributed by atoms with Crippen molar-refractivity contribution < 1.29 is 14.1 Å². The number of hydrogen-bond acceptors (Lipinski definition) is 7. The van der Waals surface area contributed by atoms with Crippen LogP contribution in [0.1, 0.15) is 28.8 Å². The number of fused-ring (bicyclic) bond motifs is 1. The number of amides is 1. The van der Waals surface area contributed by atoms with E-state index in [2.05, 4.69) is 15.5 Å². The molecule has 130 valence electrons. The van der Waals surface area contributed by atoms with E-state index in [0.29, 0.717) is 17.9 Å². The maximum absolute atomic E-state index is 12.4. The van der Waals surface area contributed by atoms with E-state index in [-0.39, 0.29) is 5.76 Å². The normalized spacial score (nSPS) is 12.2. The molecule has 10 heteroatoms. The molecule has 1 unspecified atom stereocenters. The number of carbonyl (C=O) groups excluding carboxylic acids is 1. The highest BCUT2D eigenvalue weighted by atomic mass is 32.2. The zero-order valence-corrected chi connectivity index (χ0v) is 14.1. The lowest BCUT2D eigenvalue weighted by Gasteiger charge is -2.16. The summed E-state index contributed by atoms with van der Waals surface area (Å²) < 4.78 is 6.76. The molecule has 3 rings (SSSR count). The third-order valence-corrected chi connectivity index (χ3v) is 4.21. The second-order valence-corrected chi connectivity index (χ2v) is 6.18. The van der Waals surface area contributed by atoms with Crippen molar-refractivity contribution in [1.29, 1.82) is 0 Å². The Labute approximate surface area is 146 Å². The predicted molar refractivity (Wildman–Crippen MR) is 91.6 cm³/mol. The predicted octanol–water partition coefficient (Wildman–Crippen LogP) is 2.45. The third-order valence-electron chi connectivity index (χ3n) is 3.56. The zero-order chi connectivity index (χ0) is 17.8. The van der Waals surface area contributed by atoms with E-state index in [1.165, 1.54) is 6.07 Å². The van der Waals surface area contributed by atoms with Crippen LogP contribution in [0.2, 0.25) is 0 Å². The molecular formula is C15H15N5O4S. The maximum Gasteiger partial charge on any atom is 0.433 e. The Balaban J connectivity index is 1.85. The zero-order valence-electron chi connectivity index (χ0n) is 13.3. The van der Waals surface area contributed by atoms with Gasteiger partial charge in [0.1, 0.15) is 4.92 Å². The van der Waals surface area contributed by atoms with E-state index in [1.807, 2.05) is 30.7 Å². The molecule has 0 radical (unpaired) electrons. The highest BCUT2D eigenvalue weighted by molar-refractivity contribution is 7.98. The molecule has 3 aromatic heterocycles. The third kappa shape index (κ3) is 3.63. The quantitative estimate of drug-likeness (QED) is 0.507. The second kappa shape index (κ2) is 7.34. The molecule has 1 atom stereocenters. The molecule has 0 saturated carbocycles. The Kier molecular flexibility index (Phi) is 4.98. The smallest absolute Gasteiger partial charge is 0.395 e.